The van der Waals surface area contributed by atoms with Gasteiger partial charge in [-0.1, -0.05) is 12.2 Å². The van der Waals surface area contributed by atoms with Crippen molar-refractivity contribution in [3.63, 3.8) is 0 Å². The van der Waals surface area contributed by atoms with E-state index in [2.05, 4.69) is 4.98 Å². The van der Waals surface area contributed by atoms with Crippen molar-refractivity contribution in [2.75, 3.05) is 5.73 Å². The molecule has 0 saturated heterocycles. The largest absolute Gasteiger partial charge is 0.397 e. The summed E-state index contributed by atoms with van der Waals surface area (Å²) in [5.41, 5.74) is 7.74. The predicted molar refractivity (Wildman–Crippen MR) is 58.9 cm³/mol. The molecule has 1 aromatic heterocycles. The van der Waals surface area contributed by atoms with E-state index < -0.39 is 0 Å². The highest BCUT2D eigenvalue weighted by Gasteiger charge is 2.08. The van der Waals surface area contributed by atoms with E-state index in [1.807, 2.05) is 18.2 Å². The molecule has 0 fully saturated rings. The van der Waals surface area contributed by atoms with Gasteiger partial charge >= 0.3 is 0 Å². The molecule has 0 aliphatic heterocycles. The van der Waals surface area contributed by atoms with Gasteiger partial charge in [0.2, 0.25) is 0 Å². The van der Waals surface area contributed by atoms with E-state index >= 15 is 0 Å². The summed E-state index contributed by atoms with van der Waals surface area (Å²) in [5, 5.41) is 0. The van der Waals surface area contributed by atoms with Crippen LogP contribution in [0.2, 0.25) is 0 Å². The van der Waals surface area contributed by atoms with Crippen molar-refractivity contribution in [2.45, 2.75) is 19.3 Å². The molecule has 1 heterocycles. The van der Waals surface area contributed by atoms with Gasteiger partial charge in [0.15, 0.2) is 0 Å². The van der Waals surface area contributed by atoms with Gasteiger partial charge in [0.1, 0.15) is 5.83 Å². The second-order valence-corrected chi connectivity index (χ2v) is 3.63. The molecule has 15 heavy (non-hydrogen) atoms. The number of nitrogen functional groups attached to an aromatic ring is 1. The van der Waals surface area contributed by atoms with Crippen LogP contribution in [-0.2, 0) is 6.42 Å². The lowest BCUT2D eigenvalue weighted by atomic mass is 10.0. The Morgan fingerprint density at radius 1 is 1.40 bits per heavy atom. The van der Waals surface area contributed by atoms with Crippen molar-refractivity contribution in [3.05, 3.63) is 47.6 Å². The van der Waals surface area contributed by atoms with Gasteiger partial charge in [-0.2, -0.15) is 0 Å². The number of hydrogen-bond acceptors (Lipinski definition) is 2. The molecule has 0 radical (unpaired) electrons. The SMILES string of the molecule is Nc1ccc(CC2=C(F)CCC=C2)nc1. The molecule has 2 rings (SSSR count). The molecule has 0 saturated carbocycles. The van der Waals surface area contributed by atoms with E-state index in [4.69, 9.17) is 5.73 Å². The monoisotopic (exact) mass is 204 g/mol. The lowest BCUT2D eigenvalue weighted by Gasteiger charge is -2.09. The summed E-state index contributed by atoms with van der Waals surface area (Å²) in [6.07, 6.45) is 7.29. The minimum Gasteiger partial charge on any atom is -0.397 e. The summed E-state index contributed by atoms with van der Waals surface area (Å²) >= 11 is 0. The van der Waals surface area contributed by atoms with Crippen LogP contribution in [0.15, 0.2) is 41.9 Å². The lowest BCUT2D eigenvalue weighted by molar-refractivity contribution is 0.573. The van der Waals surface area contributed by atoms with Crippen LogP contribution in [0.25, 0.3) is 0 Å². The first-order chi connectivity index (χ1) is 7.25. The number of nitrogens with zero attached hydrogens (tertiary/aromatic N) is 1. The average Bonchev–Trinajstić information content (AvgIpc) is 2.25. The maximum absolute atomic E-state index is 13.4. The maximum atomic E-state index is 13.4. The normalized spacial score (nSPS) is 15.8. The van der Waals surface area contributed by atoms with Gasteiger partial charge in [-0.05, 0) is 24.1 Å². The average molecular weight is 204 g/mol. The van der Waals surface area contributed by atoms with Crippen molar-refractivity contribution in [1.82, 2.24) is 4.98 Å². The predicted octanol–water partition coefficient (Wildman–Crippen LogP) is 2.78. The zero-order valence-electron chi connectivity index (χ0n) is 8.41. The number of rotatable bonds is 2. The highest BCUT2D eigenvalue weighted by molar-refractivity contribution is 5.37. The topological polar surface area (TPSA) is 38.9 Å². The Labute approximate surface area is 88.3 Å². The van der Waals surface area contributed by atoms with Crippen LogP contribution in [0, 0.1) is 0 Å². The highest BCUT2D eigenvalue weighted by atomic mass is 19.1. The molecule has 1 aliphatic rings. The summed E-state index contributed by atoms with van der Waals surface area (Å²) < 4.78 is 13.4. The summed E-state index contributed by atoms with van der Waals surface area (Å²) in [6, 6.07) is 3.62. The number of allylic oxidation sites excluding steroid dienone is 4. The van der Waals surface area contributed by atoms with Crippen LogP contribution in [0.5, 0.6) is 0 Å². The van der Waals surface area contributed by atoms with E-state index in [9.17, 15) is 4.39 Å². The van der Waals surface area contributed by atoms with Crippen LogP contribution in [0.4, 0.5) is 10.1 Å². The van der Waals surface area contributed by atoms with Gasteiger partial charge in [0.25, 0.3) is 0 Å². The molecule has 0 bridgehead atoms. The Hall–Kier alpha value is -1.64. The minimum atomic E-state index is -0.0175. The number of anilines is 1. The Kier molecular flexibility index (Phi) is 2.81. The van der Waals surface area contributed by atoms with E-state index in [0.29, 0.717) is 18.5 Å². The van der Waals surface area contributed by atoms with Crippen molar-refractivity contribution >= 4 is 5.69 Å². The molecule has 2 nitrogen and oxygen atoms in total. The minimum absolute atomic E-state index is 0.0175. The van der Waals surface area contributed by atoms with Gasteiger partial charge in [-0.25, -0.2) is 4.39 Å². The molecule has 0 aromatic carbocycles. The van der Waals surface area contributed by atoms with Gasteiger partial charge in [0, 0.05) is 18.5 Å². The van der Waals surface area contributed by atoms with E-state index in [-0.39, 0.29) is 5.83 Å². The molecule has 0 amide bonds. The zero-order valence-corrected chi connectivity index (χ0v) is 8.41. The van der Waals surface area contributed by atoms with Crippen molar-refractivity contribution in [3.8, 4) is 0 Å². The number of aromatic nitrogens is 1. The smallest absolute Gasteiger partial charge is 0.104 e. The fourth-order valence-electron chi connectivity index (χ4n) is 1.58. The summed E-state index contributed by atoms with van der Waals surface area (Å²) in [4.78, 5) is 4.15. The Morgan fingerprint density at radius 2 is 2.27 bits per heavy atom. The van der Waals surface area contributed by atoms with E-state index in [1.165, 1.54) is 0 Å². The van der Waals surface area contributed by atoms with Crippen molar-refractivity contribution in [2.24, 2.45) is 0 Å². The maximum Gasteiger partial charge on any atom is 0.104 e. The van der Waals surface area contributed by atoms with Crippen LogP contribution in [0.3, 0.4) is 0 Å². The van der Waals surface area contributed by atoms with Crippen molar-refractivity contribution in [1.29, 1.82) is 0 Å². The summed E-state index contributed by atoms with van der Waals surface area (Å²) in [7, 11) is 0. The Bertz CT molecular complexity index is 404. The first-order valence-corrected chi connectivity index (χ1v) is 5.00. The zero-order chi connectivity index (χ0) is 10.7. The number of pyridine rings is 1. The Morgan fingerprint density at radius 3 is 2.93 bits per heavy atom. The number of halogens is 1. The molecule has 0 unspecified atom stereocenters. The Balaban J connectivity index is 2.15. The quantitative estimate of drug-likeness (QED) is 0.804. The van der Waals surface area contributed by atoms with E-state index in [1.54, 1.807) is 12.3 Å². The summed E-state index contributed by atoms with van der Waals surface area (Å²) in [6.45, 7) is 0. The first kappa shape index (κ1) is 9.90. The van der Waals surface area contributed by atoms with Crippen LogP contribution in [0.1, 0.15) is 18.5 Å². The third-order valence-electron chi connectivity index (χ3n) is 2.42. The fourth-order valence-corrected chi connectivity index (χ4v) is 1.58. The third-order valence-corrected chi connectivity index (χ3v) is 2.42. The highest BCUT2D eigenvalue weighted by Crippen LogP contribution is 2.22. The van der Waals surface area contributed by atoms with Crippen LogP contribution >= 0.6 is 0 Å². The second-order valence-electron chi connectivity index (χ2n) is 3.63. The number of hydrogen-bond donors (Lipinski definition) is 1. The molecule has 3 heteroatoms. The third kappa shape index (κ3) is 2.43. The van der Waals surface area contributed by atoms with Crippen molar-refractivity contribution < 1.29 is 4.39 Å². The van der Waals surface area contributed by atoms with Gasteiger partial charge in [-0.3, -0.25) is 4.98 Å². The molecular formula is C12H13FN2. The van der Waals surface area contributed by atoms with Crippen LogP contribution < -0.4 is 5.73 Å². The molecule has 1 aliphatic carbocycles. The molecule has 2 N–H and O–H groups in total. The summed E-state index contributed by atoms with van der Waals surface area (Å²) in [5.74, 6) is -0.0175. The molecular weight excluding hydrogens is 191 g/mol. The first-order valence-electron chi connectivity index (χ1n) is 5.00. The molecule has 1 aromatic rings. The van der Waals surface area contributed by atoms with Gasteiger partial charge in [-0.15, -0.1) is 0 Å². The van der Waals surface area contributed by atoms with Gasteiger partial charge in [0.05, 0.1) is 11.9 Å². The molecule has 0 spiro atoms. The lowest BCUT2D eigenvalue weighted by Crippen LogP contribution is -1.98. The fraction of sp³-hybridized carbons (Fsp3) is 0.250. The molecule has 78 valence electrons. The van der Waals surface area contributed by atoms with Gasteiger partial charge < -0.3 is 5.73 Å². The standard InChI is InChI=1S/C12H13FN2/c13-12-4-2-1-3-9(12)7-11-6-5-10(14)8-15-11/h1,3,5-6,8H,2,4,7,14H2. The second kappa shape index (κ2) is 4.26. The van der Waals surface area contributed by atoms with Crippen LogP contribution in [-0.4, -0.2) is 4.98 Å². The number of nitrogens with two attached hydrogens (primary N) is 1. The van der Waals surface area contributed by atoms with E-state index in [0.717, 1.165) is 17.7 Å². The molecule has 0 atom stereocenters.